The van der Waals surface area contributed by atoms with E-state index >= 15 is 0 Å². The zero-order valence-corrected chi connectivity index (χ0v) is 14.3. The summed E-state index contributed by atoms with van der Waals surface area (Å²) in [4.78, 5) is 16.9. The number of methoxy groups -OCH3 is 1. The van der Waals surface area contributed by atoms with Crippen LogP contribution in [0.4, 0.5) is 0 Å². The third-order valence-electron chi connectivity index (χ3n) is 4.05. The Kier molecular flexibility index (Phi) is 5.18. The van der Waals surface area contributed by atoms with Crippen molar-refractivity contribution in [3.63, 3.8) is 0 Å². The molecule has 0 unspecified atom stereocenters. The molecule has 2 aromatic heterocycles. The molecule has 0 bridgehead atoms. The van der Waals surface area contributed by atoms with Gasteiger partial charge < -0.3 is 19.0 Å². The smallest absolute Gasteiger partial charge is 0.221 e. The van der Waals surface area contributed by atoms with Crippen LogP contribution >= 0.6 is 0 Å². The van der Waals surface area contributed by atoms with E-state index in [1.54, 1.807) is 19.6 Å². The standard InChI is InChI=1S/C19H21N3O3/c1-22-12-11-20-19(22)18(15-7-3-4-8-16(15)24-2)21-17(23)10-9-14-6-5-13-25-14/h3-8,11-13,18H,9-10H2,1-2H3,(H,21,23)/t18-/m1/s1. The Labute approximate surface area is 146 Å². The maximum atomic E-state index is 12.5. The summed E-state index contributed by atoms with van der Waals surface area (Å²) in [6, 6.07) is 10.9. The number of carbonyl (C=O) groups excluding carboxylic acids is 1. The third kappa shape index (κ3) is 3.91. The molecule has 1 N–H and O–H groups in total. The second kappa shape index (κ2) is 7.70. The molecular formula is C19H21N3O3. The van der Waals surface area contributed by atoms with Crippen LogP contribution in [0.25, 0.3) is 0 Å². The first-order valence-electron chi connectivity index (χ1n) is 8.11. The van der Waals surface area contributed by atoms with Crippen molar-refractivity contribution in [1.29, 1.82) is 0 Å². The summed E-state index contributed by atoms with van der Waals surface area (Å²) in [5.41, 5.74) is 0.866. The van der Waals surface area contributed by atoms with Gasteiger partial charge in [-0.3, -0.25) is 4.79 Å². The number of imidazole rings is 1. The number of carbonyl (C=O) groups is 1. The zero-order chi connectivity index (χ0) is 17.6. The fourth-order valence-corrected chi connectivity index (χ4v) is 2.77. The lowest BCUT2D eigenvalue weighted by atomic mass is 10.0. The molecule has 0 saturated carbocycles. The lowest BCUT2D eigenvalue weighted by Crippen LogP contribution is -2.31. The number of ether oxygens (including phenoxy) is 1. The third-order valence-corrected chi connectivity index (χ3v) is 4.05. The van der Waals surface area contributed by atoms with E-state index in [0.29, 0.717) is 18.6 Å². The summed E-state index contributed by atoms with van der Waals surface area (Å²) in [6.45, 7) is 0. The van der Waals surface area contributed by atoms with Crippen molar-refractivity contribution in [2.75, 3.05) is 7.11 Å². The Morgan fingerprint density at radius 1 is 1.32 bits per heavy atom. The molecule has 1 amide bonds. The van der Waals surface area contributed by atoms with Crippen LogP contribution in [0.15, 0.2) is 59.5 Å². The number of aromatic nitrogens is 2. The fraction of sp³-hybridized carbons (Fsp3) is 0.263. The topological polar surface area (TPSA) is 69.3 Å². The normalized spacial score (nSPS) is 11.9. The van der Waals surface area contributed by atoms with Gasteiger partial charge in [-0.15, -0.1) is 0 Å². The van der Waals surface area contributed by atoms with Crippen LogP contribution in [-0.2, 0) is 18.3 Å². The van der Waals surface area contributed by atoms with Crippen LogP contribution in [-0.4, -0.2) is 22.6 Å². The lowest BCUT2D eigenvalue weighted by molar-refractivity contribution is -0.121. The highest BCUT2D eigenvalue weighted by molar-refractivity contribution is 5.77. The summed E-state index contributed by atoms with van der Waals surface area (Å²) in [5, 5.41) is 3.07. The summed E-state index contributed by atoms with van der Waals surface area (Å²) in [5.74, 6) is 2.17. The quantitative estimate of drug-likeness (QED) is 0.719. The molecule has 130 valence electrons. The average Bonchev–Trinajstić information content (AvgIpc) is 3.29. The Morgan fingerprint density at radius 2 is 2.16 bits per heavy atom. The number of nitrogens with zero attached hydrogens (tertiary/aromatic N) is 2. The highest BCUT2D eigenvalue weighted by Crippen LogP contribution is 2.29. The van der Waals surface area contributed by atoms with Gasteiger partial charge in [-0.2, -0.15) is 0 Å². The van der Waals surface area contributed by atoms with Crippen molar-refractivity contribution in [3.05, 3.63) is 72.2 Å². The molecule has 3 aromatic rings. The van der Waals surface area contributed by atoms with E-state index in [-0.39, 0.29) is 11.9 Å². The van der Waals surface area contributed by atoms with Gasteiger partial charge >= 0.3 is 0 Å². The van der Waals surface area contributed by atoms with Crippen molar-refractivity contribution < 1.29 is 13.9 Å². The van der Waals surface area contributed by atoms with E-state index in [1.165, 1.54) is 0 Å². The predicted octanol–water partition coefficient (Wildman–Crippen LogP) is 2.86. The number of amides is 1. The van der Waals surface area contributed by atoms with Crippen molar-refractivity contribution in [3.8, 4) is 5.75 Å². The molecule has 6 nitrogen and oxygen atoms in total. The van der Waals surface area contributed by atoms with Gasteiger partial charge in [0.05, 0.1) is 13.4 Å². The molecular weight excluding hydrogens is 318 g/mol. The Balaban J connectivity index is 1.82. The minimum atomic E-state index is -0.389. The zero-order valence-electron chi connectivity index (χ0n) is 14.3. The second-order valence-corrected chi connectivity index (χ2v) is 5.72. The van der Waals surface area contributed by atoms with Crippen LogP contribution in [0, 0.1) is 0 Å². The molecule has 0 spiro atoms. The van der Waals surface area contributed by atoms with Crippen molar-refractivity contribution in [2.45, 2.75) is 18.9 Å². The molecule has 0 saturated heterocycles. The van der Waals surface area contributed by atoms with Crippen molar-refractivity contribution >= 4 is 5.91 Å². The number of aryl methyl sites for hydroxylation is 2. The fourth-order valence-electron chi connectivity index (χ4n) is 2.77. The molecule has 25 heavy (non-hydrogen) atoms. The monoisotopic (exact) mass is 339 g/mol. The van der Waals surface area contributed by atoms with Gasteiger partial charge in [0.25, 0.3) is 0 Å². The number of furan rings is 1. The van der Waals surface area contributed by atoms with Gasteiger partial charge in [-0.25, -0.2) is 4.98 Å². The number of hydrogen-bond donors (Lipinski definition) is 1. The highest BCUT2D eigenvalue weighted by atomic mass is 16.5. The van der Waals surface area contributed by atoms with E-state index in [2.05, 4.69) is 10.3 Å². The minimum absolute atomic E-state index is 0.0738. The van der Waals surface area contributed by atoms with Gasteiger partial charge in [0, 0.05) is 37.8 Å². The molecule has 6 heteroatoms. The average molecular weight is 339 g/mol. The maximum Gasteiger partial charge on any atom is 0.221 e. The molecule has 0 aliphatic heterocycles. The highest BCUT2D eigenvalue weighted by Gasteiger charge is 2.23. The summed E-state index contributed by atoms with van der Waals surface area (Å²) in [6.07, 6.45) is 6.07. The summed E-state index contributed by atoms with van der Waals surface area (Å²) in [7, 11) is 3.52. The predicted molar refractivity (Wildman–Crippen MR) is 93.2 cm³/mol. The van der Waals surface area contributed by atoms with Gasteiger partial charge in [0.2, 0.25) is 5.91 Å². The Morgan fingerprint density at radius 3 is 2.84 bits per heavy atom. The van der Waals surface area contributed by atoms with Crippen molar-refractivity contribution in [2.24, 2.45) is 7.05 Å². The van der Waals surface area contributed by atoms with Gasteiger partial charge in [-0.1, -0.05) is 18.2 Å². The van der Waals surface area contributed by atoms with E-state index in [9.17, 15) is 4.79 Å². The number of hydrogen-bond acceptors (Lipinski definition) is 4. The maximum absolute atomic E-state index is 12.5. The summed E-state index contributed by atoms with van der Waals surface area (Å²) < 4.78 is 12.6. The first-order chi connectivity index (χ1) is 12.2. The molecule has 0 radical (unpaired) electrons. The van der Waals surface area contributed by atoms with Gasteiger partial charge in [-0.05, 0) is 18.2 Å². The molecule has 2 heterocycles. The number of para-hydroxylation sites is 1. The Bertz CT molecular complexity index is 824. The Hall–Kier alpha value is -3.02. The number of rotatable bonds is 7. The molecule has 1 atom stereocenters. The number of benzene rings is 1. The van der Waals surface area contributed by atoms with E-state index < -0.39 is 0 Å². The largest absolute Gasteiger partial charge is 0.496 e. The SMILES string of the molecule is COc1ccccc1[C@@H](NC(=O)CCc1ccco1)c1nccn1C. The van der Waals surface area contributed by atoms with E-state index in [1.807, 2.05) is 54.2 Å². The first kappa shape index (κ1) is 16.8. The van der Waals surface area contributed by atoms with E-state index in [0.717, 1.165) is 17.1 Å². The molecule has 0 aliphatic rings. The van der Waals surface area contributed by atoms with Crippen molar-refractivity contribution in [1.82, 2.24) is 14.9 Å². The molecule has 0 aliphatic carbocycles. The minimum Gasteiger partial charge on any atom is -0.496 e. The van der Waals surface area contributed by atoms with Crippen LogP contribution < -0.4 is 10.1 Å². The van der Waals surface area contributed by atoms with Crippen LogP contribution in [0.2, 0.25) is 0 Å². The van der Waals surface area contributed by atoms with Crippen LogP contribution in [0.1, 0.15) is 29.6 Å². The van der Waals surface area contributed by atoms with E-state index in [4.69, 9.17) is 9.15 Å². The van der Waals surface area contributed by atoms with Gasteiger partial charge in [0.1, 0.15) is 23.4 Å². The summed E-state index contributed by atoms with van der Waals surface area (Å²) >= 11 is 0. The van der Waals surface area contributed by atoms with Gasteiger partial charge in [0.15, 0.2) is 0 Å². The molecule has 1 aromatic carbocycles. The molecule has 3 rings (SSSR count). The first-order valence-corrected chi connectivity index (χ1v) is 8.11. The van der Waals surface area contributed by atoms with Crippen LogP contribution in [0.3, 0.4) is 0 Å². The van der Waals surface area contributed by atoms with Crippen LogP contribution in [0.5, 0.6) is 5.75 Å². The lowest BCUT2D eigenvalue weighted by Gasteiger charge is -2.21. The number of nitrogens with one attached hydrogen (secondary N) is 1. The second-order valence-electron chi connectivity index (χ2n) is 5.72. The molecule has 0 fully saturated rings.